The van der Waals surface area contributed by atoms with Crippen LogP contribution in [0, 0.1) is 5.92 Å². The van der Waals surface area contributed by atoms with Gasteiger partial charge in [-0.15, -0.1) is 0 Å². The van der Waals surface area contributed by atoms with Crippen molar-refractivity contribution in [2.45, 2.75) is 52.0 Å². The summed E-state index contributed by atoms with van der Waals surface area (Å²) >= 11 is 0. The molecule has 6 nitrogen and oxygen atoms in total. The number of ether oxygens (including phenoxy) is 3. The van der Waals surface area contributed by atoms with E-state index >= 15 is 0 Å². The van der Waals surface area contributed by atoms with Crippen LogP contribution in [0.3, 0.4) is 0 Å². The molecule has 0 N–H and O–H groups in total. The molecule has 0 spiro atoms. The smallest absolute Gasteiger partial charge is 0.413 e. The lowest BCUT2D eigenvalue weighted by molar-refractivity contribution is -0.148. The van der Waals surface area contributed by atoms with Crippen LogP contribution in [0.1, 0.15) is 34.1 Å². The van der Waals surface area contributed by atoms with Crippen LogP contribution in [0.4, 0.5) is 4.79 Å². The van der Waals surface area contributed by atoms with E-state index in [1.165, 1.54) is 19.1 Å². The van der Waals surface area contributed by atoms with Crippen LogP contribution >= 0.6 is 0 Å². The van der Waals surface area contributed by atoms with E-state index in [9.17, 15) is 9.59 Å². The second kappa shape index (κ2) is 5.77. The summed E-state index contributed by atoms with van der Waals surface area (Å²) in [5, 5.41) is 0. The lowest BCUT2D eigenvalue weighted by Crippen LogP contribution is -2.48. The van der Waals surface area contributed by atoms with E-state index in [1.54, 1.807) is 20.8 Å². The van der Waals surface area contributed by atoms with Crippen LogP contribution in [-0.2, 0) is 19.0 Å². The van der Waals surface area contributed by atoms with Gasteiger partial charge in [0, 0.05) is 13.0 Å². The Morgan fingerprint density at radius 2 is 1.79 bits per heavy atom. The summed E-state index contributed by atoms with van der Waals surface area (Å²) in [6.07, 6.45) is -0.525. The monoisotopic (exact) mass is 273 g/mol. The molecule has 110 valence electrons. The molecule has 3 atom stereocenters. The van der Waals surface area contributed by atoms with Crippen LogP contribution in [0.25, 0.3) is 0 Å². The van der Waals surface area contributed by atoms with Gasteiger partial charge in [-0.1, -0.05) is 6.92 Å². The molecule has 0 saturated carbocycles. The summed E-state index contributed by atoms with van der Waals surface area (Å²) in [7, 11) is 2.82. The fraction of sp³-hybridized carbons (Fsp3) is 0.846. The van der Waals surface area contributed by atoms with Crippen LogP contribution < -0.4 is 0 Å². The van der Waals surface area contributed by atoms with Gasteiger partial charge in [-0.25, -0.2) is 9.59 Å². The van der Waals surface area contributed by atoms with E-state index in [1.807, 2.05) is 6.92 Å². The molecule has 1 aliphatic rings. The number of likely N-dealkylation sites (tertiary alicyclic amines) is 1. The van der Waals surface area contributed by atoms with Gasteiger partial charge in [0.25, 0.3) is 0 Å². The average molecular weight is 273 g/mol. The second-order valence-electron chi connectivity index (χ2n) is 5.77. The molecular formula is C13H23NO5. The summed E-state index contributed by atoms with van der Waals surface area (Å²) in [5.41, 5.74) is -0.623. The van der Waals surface area contributed by atoms with Crippen LogP contribution in [-0.4, -0.2) is 49.1 Å². The van der Waals surface area contributed by atoms with E-state index in [4.69, 9.17) is 14.2 Å². The molecule has 1 heterocycles. The zero-order chi connectivity index (χ0) is 14.8. The van der Waals surface area contributed by atoms with E-state index in [2.05, 4.69) is 0 Å². The Morgan fingerprint density at radius 3 is 2.21 bits per heavy atom. The minimum atomic E-state index is -0.653. The summed E-state index contributed by atoms with van der Waals surface area (Å²) in [5.74, 6) is -0.404. The van der Waals surface area contributed by atoms with Gasteiger partial charge in [-0.3, -0.25) is 4.90 Å². The first-order valence-electron chi connectivity index (χ1n) is 6.33. The van der Waals surface area contributed by atoms with Crippen LogP contribution in [0.15, 0.2) is 0 Å². The highest BCUT2D eigenvalue weighted by Gasteiger charge is 2.47. The van der Waals surface area contributed by atoms with Crippen molar-refractivity contribution in [3.05, 3.63) is 0 Å². The highest BCUT2D eigenvalue weighted by molar-refractivity contribution is 5.82. The Kier molecular flexibility index (Phi) is 4.79. The van der Waals surface area contributed by atoms with Gasteiger partial charge >= 0.3 is 12.1 Å². The van der Waals surface area contributed by atoms with Gasteiger partial charge in [-0.2, -0.15) is 0 Å². The van der Waals surface area contributed by atoms with Gasteiger partial charge in [0.2, 0.25) is 0 Å². The number of carbonyl (C=O) groups is 2. The van der Waals surface area contributed by atoms with Crippen molar-refractivity contribution >= 4 is 12.1 Å². The maximum Gasteiger partial charge on any atom is 0.413 e. The molecule has 1 fully saturated rings. The van der Waals surface area contributed by atoms with Crippen molar-refractivity contribution in [3.63, 3.8) is 0 Å². The number of esters is 1. The maximum absolute atomic E-state index is 12.2. The highest BCUT2D eigenvalue weighted by Crippen LogP contribution is 2.32. The quantitative estimate of drug-likeness (QED) is 0.717. The molecule has 6 heteroatoms. The van der Waals surface area contributed by atoms with E-state index in [0.29, 0.717) is 6.42 Å². The van der Waals surface area contributed by atoms with E-state index < -0.39 is 29.9 Å². The molecule has 1 saturated heterocycles. The summed E-state index contributed by atoms with van der Waals surface area (Å²) in [6.45, 7) is 7.26. The molecule has 0 radical (unpaired) electrons. The van der Waals surface area contributed by atoms with Crippen LogP contribution in [0.5, 0.6) is 0 Å². The summed E-state index contributed by atoms with van der Waals surface area (Å²) < 4.78 is 15.4. The minimum Gasteiger partial charge on any atom is -0.467 e. The zero-order valence-electron chi connectivity index (χ0n) is 12.4. The van der Waals surface area contributed by atoms with Gasteiger partial charge in [-0.05, 0) is 27.2 Å². The molecule has 0 aliphatic carbocycles. The average Bonchev–Trinajstić information content (AvgIpc) is 2.62. The van der Waals surface area contributed by atoms with Gasteiger partial charge < -0.3 is 14.2 Å². The predicted molar refractivity (Wildman–Crippen MR) is 68.5 cm³/mol. The Morgan fingerprint density at radius 1 is 1.21 bits per heavy atom. The number of carbonyl (C=O) groups excluding carboxylic acids is 2. The fourth-order valence-corrected chi connectivity index (χ4v) is 2.27. The molecule has 1 amide bonds. The number of hydrogen-bond acceptors (Lipinski definition) is 5. The molecule has 1 rings (SSSR count). The first-order chi connectivity index (χ1) is 8.71. The SMILES string of the molecule is COC(=O)[C@@H]1C[C@@H](C)C(OC)N1C(=O)OC(C)(C)C. The molecule has 0 aromatic carbocycles. The predicted octanol–water partition coefficient (Wildman–Crippen LogP) is 1.78. The lowest BCUT2D eigenvalue weighted by Gasteiger charge is -2.31. The number of hydrogen-bond donors (Lipinski definition) is 0. The lowest BCUT2D eigenvalue weighted by atomic mass is 10.1. The summed E-state index contributed by atoms with van der Waals surface area (Å²) in [4.78, 5) is 25.3. The summed E-state index contributed by atoms with van der Waals surface area (Å²) in [6, 6.07) is -0.653. The third-order valence-electron chi connectivity index (χ3n) is 3.01. The standard InChI is InChI=1S/C13H23NO5/c1-8-7-9(11(15)18-6)14(10(8)17-5)12(16)19-13(2,3)4/h8-10H,7H2,1-6H3/t8-,9+,10?/m1/s1. The third-order valence-corrected chi connectivity index (χ3v) is 3.01. The van der Waals surface area contributed by atoms with Gasteiger partial charge in [0.05, 0.1) is 7.11 Å². The second-order valence-corrected chi connectivity index (χ2v) is 5.77. The highest BCUT2D eigenvalue weighted by atomic mass is 16.6. The van der Waals surface area contributed by atoms with Crippen molar-refractivity contribution < 1.29 is 23.8 Å². The van der Waals surface area contributed by atoms with Gasteiger partial charge in [0.15, 0.2) is 0 Å². The van der Waals surface area contributed by atoms with Crippen molar-refractivity contribution in [3.8, 4) is 0 Å². The first-order valence-corrected chi connectivity index (χ1v) is 6.33. The molecular weight excluding hydrogens is 250 g/mol. The minimum absolute atomic E-state index is 0.0432. The molecule has 0 aromatic rings. The topological polar surface area (TPSA) is 65.1 Å². The van der Waals surface area contributed by atoms with Gasteiger partial charge in [0.1, 0.15) is 17.9 Å². The van der Waals surface area contributed by atoms with Crippen molar-refractivity contribution in [1.29, 1.82) is 0 Å². The molecule has 0 aromatic heterocycles. The molecule has 1 unspecified atom stereocenters. The van der Waals surface area contributed by atoms with Crippen molar-refractivity contribution in [2.75, 3.05) is 14.2 Å². The molecule has 1 aliphatic heterocycles. The number of nitrogens with zero attached hydrogens (tertiary/aromatic N) is 1. The number of methoxy groups -OCH3 is 2. The number of rotatable bonds is 2. The van der Waals surface area contributed by atoms with E-state index in [0.717, 1.165) is 0 Å². The molecule has 19 heavy (non-hydrogen) atoms. The largest absolute Gasteiger partial charge is 0.467 e. The molecule has 0 bridgehead atoms. The third kappa shape index (κ3) is 3.59. The van der Waals surface area contributed by atoms with E-state index in [-0.39, 0.29) is 5.92 Å². The Bertz CT molecular complexity index is 349. The number of amides is 1. The Balaban J connectivity index is 2.95. The Hall–Kier alpha value is -1.30. The van der Waals surface area contributed by atoms with Crippen molar-refractivity contribution in [2.24, 2.45) is 5.92 Å². The normalized spacial score (nSPS) is 27.3. The van der Waals surface area contributed by atoms with Crippen LogP contribution in [0.2, 0.25) is 0 Å². The zero-order valence-corrected chi connectivity index (χ0v) is 12.4. The maximum atomic E-state index is 12.2. The fourth-order valence-electron chi connectivity index (χ4n) is 2.27. The Labute approximate surface area is 114 Å². The first kappa shape index (κ1) is 15.8. The van der Waals surface area contributed by atoms with Crippen molar-refractivity contribution in [1.82, 2.24) is 4.90 Å².